The van der Waals surface area contributed by atoms with E-state index in [4.69, 9.17) is 0 Å². The molecular formula is C11H8N4OS2. The monoisotopic (exact) mass is 276 g/mol. The van der Waals surface area contributed by atoms with Gasteiger partial charge in [-0.15, -0.1) is 22.7 Å². The number of anilines is 1. The number of hydrogen-bond donors (Lipinski definition) is 2. The van der Waals surface area contributed by atoms with Crippen molar-refractivity contribution in [3.8, 4) is 9.88 Å². The Morgan fingerprint density at radius 2 is 2.28 bits per heavy atom. The Morgan fingerprint density at radius 3 is 3.00 bits per heavy atom. The molecule has 3 heterocycles. The highest BCUT2D eigenvalue weighted by molar-refractivity contribution is 7.20. The van der Waals surface area contributed by atoms with Crippen LogP contribution in [0.1, 0.15) is 10.5 Å². The first-order chi connectivity index (χ1) is 8.83. The largest absolute Gasteiger partial charge is 0.306 e. The Hall–Kier alpha value is -1.99. The van der Waals surface area contributed by atoms with E-state index in [1.807, 2.05) is 17.5 Å². The number of amides is 1. The molecule has 0 atom stereocenters. The van der Waals surface area contributed by atoms with Crippen LogP contribution in [0.2, 0.25) is 0 Å². The lowest BCUT2D eigenvalue weighted by Gasteiger charge is -1.97. The molecule has 0 saturated carbocycles. The Labute approximate surface area is 111 Å². The van der Waals surface area contributed by atoms with E-state index in [9.17, 15) is 4.79 Å². The molecule has 18 heavy (non-hydrogen) atoms. The van der Waals surface area contributed by atoms with Gasteiger partial charge >= 0.3 is 0 Å². The van der Waals surface area contributed by atoms with Gasteiger partial charge in [-0.3, -0.25) is 9.89 Å². The minimum atomic E-state index is -0.238. The number of carbonyl (C=O) groups is 1. The van der Waals surface area contributed by atoms with Gasteiger partial charge in [0.25, 0.3) is 5.91 Å². The standard InChI is InChI=1S/C11H8N4OS2/c16-10(14-9-3-4-12-15-9)7-6-18-11(13-7)8-2-1-5-17-8/h1-6H,(H2,12,14,15,16). The predicted octanol–water partition coefficient (Wildman–Crippen LogP) is 2.85. The number of nitrogens with one attached hydrogen (secondary N) is 2. The summed E-state index contributed by atoms with van der Waals surface area (Å²) < 4.78 is 0. The molecule has 0 saturated heterocycles. The molecule has 7 heteroatoms. The molecule has 2 N–H and O–H groups in total. The molecule has 5 nitrogen and oxygen atoms in total. The maximum absolute atomic E-state index is 11.9. The minimum Gasteiger partial charge on any atom is -0.306 e. The fourth-order valence-corrected chi connectivity index (χ4v) is 3.02. The third kappa shape index (κ3) is 2.18. The first kappa shape index (κ1) is 11.1. The van der Waals surface area contributed by atoms with E-state index in [1.54, 1.807) is 29.0 Å². The molecule has 3 aromatic heterocycles. The van der Waals surface area contributed by atoms with E-state index in [1.165, 1.54) is 11.3 Å². The summed E-state index contributed by atoms with van der Waals surface area (Å²) in [5.41, 5.74) is 0.415. The SMILES string of the molecule is O=C(Nc1ccn[nH]1)c1csc(-c2cccs2)n1. The van der Waals surface area contributed by atoms with Crippen molar-refractivity contribution in [3.63, 3.8) is 0 Å². The summed E-state index contributed by atoms with van der Waals surface area (Å²) in [4.78, 5) is 17.3. The van der Waals surface area contributed by atoms with Crippen molar-refractivity contribution in [2.45, 2.75) is 0 Å². The molecule has 3 rings (SSSR count). The van der Waals surface area contributed by atoms with Gasteiger partial charge < -0.3 is 5.32 Å². The third-order valence-electron chi connectivity index (χ3n) is 2.22. The fraction of sp³-hybridized carbons (Fsp3) is 0. The fourth-order valence-electron chi connectivity index (χ4n) is 1.40. The number of H-pyrrole nitrogens is 1. The van der Waals surface area contributed by atoms with Crippen molar-refractivity contribution in [3.05, 3.63) is 40.8 Å². The zero-order valence-electron chi connectivity index (χ0n) is 9.08. The maximum atomic E-state index is 11.9. The lowest BCUT2D eigenvalue weighted by atomic mass is 10.4. The van der Waals surface area contributed by atoms with Crippen molar-refractivity contribution in [1.82, 2.24) is 15.2 Å². The van der Waals surface area contributed by atoms with Crippen LogP contribution in [0.3, 0.4) is 0 Å². The second-order valence-electron chi connectivity index (χ2n) is 3.44. The van der Waals surface area contributed by atoms with E-state index < -0.39 is 0 Å². The van der Waals surface area contributed by atoms with Crippen molar-refractivity contribution in [2.24, 2.45) is 0 Å². The topological polar surface area (TPSA) is 70.7 Å². The summed E-state index contributed by atoms with van der Waals surface area (Å²) in [5, 5.41) is 13.7. The Bertz CT molecular complexity index is 642. The van der Waals surface area contributed by atoms with Crippen LogP contribution in [0.25, 0.3) is 9.88 Å². The van der Waals surface area contributed by atoms with Crippen LogP contribution in [-0.2, 0) is 0 Å². The summed E-state index contributed by atoms with van der Waals surface area (Å²) in [7, 11) is 0. The average Bonchev–Trinajstić information content (AvgIpc) is 3.11. The van der Waals surface area contributed by atoms with Crippen molar-refractivity contribution >= 4 is 34.4 Å². The second kappa shape index (κ2) is 4.71. The smallest absolute Gasteiger partial charge is 0.276 e. The normalized spacial score (nSPS) is 10.4. The molecule has 0 aliphatic heterocycles. The minimum absolute atomic E-state index is 0.238. The van der Waals surface area contributed by atoms with Gasteiger partial charge in [-0.2, -0.15) is 5.10 Å². The highest BCUT2D eigenvalue weighted by atomic mass is 32.1. The van der Waals surface area contributed by atoms with E-state index in [2.05, 4.69) is 20.5 Å². The number of aromatic amines is 1. The number of rotatable bonds is 3. The zero-order chi connectivity index (χ0) is 12.4. The van der Waals surface area contributed by atoms with Gasteiger partial charge in [-0.1, -0.05) is 6.07 Å². The molecular weight excluding hydrogens is 268 g/mol. The summed E-state index contributed by atoms with van der Waals surface area (Å²) in [6, 6.07) is 5.64. The van der Waals surface area contributed by atoms with Gasteiger partial charge in [-0.25, -0.2) is 4.98 Å². The van der Waals surface area contributed by atoms with Crippen LogP contribution < -0.4 is 5.32 Å². The zero-order valence-corrected chi connectivity index (χ0v) is 10.7. The predicted molar refractivity (Wildman–Crippen MR) is 72.0 cm³/mol. The van der Waals surface area contributed by atoms with Crippen LogP contribution in [0.4, 0.5) is 5.82 Å². The van der Waals surface area contributed by atoms with Crippen molar-refractivity contribution in [1.29, 1.82) is 0 Å². The quantitative estimate of drug-likeness (QED) is 0.772. The van der Waals surface area contributed by atoms with E-state index in [0.717, 1.165) is 9.88 Å². The number of nitrogens with zero attached hydrogens (tertiary/aromatic N) is 2. The number of carbonyl (C=O) groups excluding carboxylic acids is 1. The molecule has 1 amide bonds. The molecule has 90 valence electrons. The molecule has 0 radical (unpaired) electrons. The molecule has 0 bridgehead atoms. The number of hydrogen-bond acceptors (Lipinski definition) is 5. The molecule has 3 aromatic rings. The van der Waals surface area contributed by atoms with Crippen molar-refractivity contribution in [2.75, 3.05) is 5.32 Å². The van der Waals surface area contributed by atoms with Gasteiger partial charge in [0, 0.05) is 11.4 Å². The Kier molecular flexibility index (Phi) is 2.91. The molecule has 0 spiro atoms. The molecule has 0 unspecified atom stereocenters. The van der Waals surface area contributed by atoms with Crippen molar-refractivity contribution < 1.29 is 4.79 Å². The van der Waals surface area contributed by atoms with Gasteiger partial charge in [0.2, 0.25) is 0 Å². The highest BCUT2D eigenvalue weighted by Crippen LogP contribution is 2.27. The number of aromatic nitrogens is 3. The Morgan fingerprint density at radius 1 is 1.33 bits per heavy atom. The Balaban J connectivity index is 1.79. The lowest BCUT2D eigenvalue weighted by molar-refractivity contribution is 0.102. The first-order valence-corrected chi connectivity index (χ1v) is 6.89. The molecule has 0 aliphatic carbocycles. The third-order valence-corrected chi connectivity index (χ3v) is 4.10. The number of thiazole rings is 1. The van der Waals surface area contributed by atoms with Crippen LogP contribution >= 0.6 is 22.7 Å². The van der Waals surface area contributed by atoms with Gasteiger partial charge in [-0.05, 0) is 11.4 Å². The molecule has 0 aliphatic rings. The van der Waals surface area contributed by atoms with Crippen LogP contribution in [0.15, 0.2) is 35.2 Å². The highest BCUT2D eigenvalue weighted by Gasteiger charge is 2.12. The summed E-state index contributed by atoms with van der Waals surface area (Å²) >= 11 is 3.07. The summed E-state index contributed by atoms with van der Waals surface area (Å²) in [5.74, 6) is 0.323. The molecule has 0 fully saturated rings. The van der Waals surface area contributed by atoms with Crippen LogP contribution in [0.5, 0.6) is 0 Å². The van der Waals surface area contributed by atoms with Crippen LogP contribution in [0, 0.1) is 0 Å². The van der Waals surface area contributed by atoms with E-state index >= 15 is 0 Å². The first-order valence-electron chi connectivity index (χ1n) is 5.13. The lowest BCUT2D eigenvalue weighted by Crippen LogP contribution is -2.12. The van der Waals surface area contributed by atoms with E-state index in [-0.39, 0.29) is 5.91 Å². The maximum Gasteiger partial charge on any atom is 0.276 e. The van der Waals surface area contributed by atoms with Gasteiger partial charge in [0.05, 0.1) is 11.1 Å². The van der Waals surface area contributed by atoms with Gasteiger partial charge in [0.15, 0.2) is 0 Å². The number of thiophene rings is 1. The summed E-state index contributed by atoms with van der Waals surface area (Å²) in [6.45, 7) is 0. The molecule has 0 aromatic carbocycles. The second-order valence-corrected chi connectivity index (χ2v) is 5.25. The van der Waals surface area contributed by atoms with Gasteiger partial charge in [0.1, 0.15) is 16.5 Å². The summed E-state index contributed by atoms with van der Waals surface area (Å²) in [6.07, 6.45) is 1.58. The van der Waals surface area contributed by atoms with E-state index in [0.29, 0.717) is 11.5 Å². The average molecular weight is 276 g/mol. The van der Waals surface area contributed by atoms with Crippen LogP contribution in [-0.4, -0.2) is 21.1 Å².